The molecule has 2 saturated heterocycles. The lowest BCUT2D eigenvalue weighted by atomic mass is 9.67. The Morgan fingerprint density at radius 2 is 1.37 bits per heavy atom. The molecule has 5 rings (SSSR count). The molecule has 0 saturated carbocycles. The zero-order chi connectivity index (χ0) is 44.2. The first-order chi connectivity index (χ1) is 28.0. The van der Waals surface area contributed by atoms with Crippen LogP contribution in [0.5, 0.6) is 5.75 Å². The second-order valence-corrected chi connectivity index (χ2v) is 15.6. The number of methoxy groups -OCH3 is 3. The summed E-state index contributed by atoms with van der Waals surface area (Å²) in [5, 5.41) is 76.5. The number of carbonyl (C=O) groups is 4. The highest BCUT2D eigenvalue weighted by Crippen LogP contribution is 2.51. The Bertz CT molecular complexity index is 1660. The first-order valence-corrected chi connectivity index (χ1v) is 19.9. The number of hydrogen-bond acceptors (Lipinski definition) is 15. The van der Waals surface area contributed by atoms with E-state index < -0.39 is 76.0 Å². The van der Waals surface area contributed by atoms with Crippen LogP contribution in [0.25, 0.3) is 0 Å². The highest BCUT2D eigenvalue weighted by Gasteiger charge is 2.74. The number of aliphatic hydroxyl groups excluding tert-OH is 4. The summed E-state index contributed by atoms with van der Waals surface area (Å²) < 4.78 is 15.1. The molecule has 330 valence electrons. The third-order valence-corrected chi connectivity index (χ3v) is 12.3. The van der Waals surface area contributed by atoms with Gasteiger partial charge in [0.2, 0.25) is 11.8 Å². The summed E-state index contributed by atoms with van der Waals surface area (Å²) in [6.45, 7) is 3.66. The number of hydrogen-bond donors (Lipinski definition) is 8. The van der Waals surface area contributed by atoms with Crippen molar-refractivity contribution in [3.63, 3.8) is 0 Å². The molecular weight excluding hydrogens is 770 g/mol. The number of ether oxygens (including phenoxy) is 3. The van der Waals surface area contributed by atoms with E-state index in [1.165, 1.54) is 32.1 Å². The Morgan fingerprint density at radius 3 is 1.81 bits per heavy atom. The molecular formula is C42H63N3O14. The summed E-state index contributed by atoms with van der Waals surface area (Å²) in [7, 11) is 3.88. The van der Waals surface area contributed by atoms with Crippen molar-refractivity contribution in [3.05, 3.63) is 54.1 Å². The van der Waals surface area contributed by atoms with Crippen molar-refractivity contribution in [2.75, 3.05) is 34.5 Å². The number of benzene rings is 1. The number of esters is 2. The summed E-state index contributed by atoms with van der Waals surface area (Å²) in [5.41, 5.74) is -7.16. The predicted molar refractivity (Wildman–Crippen MR) is 214 cm³/mol. The number of nitrogens with zero attached hydrogens (tertiary/aromatic N) is 2. The SMILES string of the molecule is C/C=N/O.COC(=O)[C@]1([C@@H](O)[C@@H]2C=CCCC2)N(Cc2ccc(OC)cc2)C(=O)[C@H](CCO)[C@]1(C)O.COC(=O)[C@]1([C@@H](O)[C@@H]2C=CCCC2)NC(=O)[C@H](CCO)[C@]1(C)O. The van der Waals surface area contributed by atoms with Gasteiger partial charge in [0, 0.05) is 37.8 Å². The Kier molecular flexibility index (Phi) is 17.6. The minimum atomic E-state index is -2.04. The number of likely N-dealkylation sites (tertiary alicyclic amines) is 1. The summed E-state index contributed by atoms with van der Waals surface area (Å²) in [6.07, 6.45) is 10.7. The van der Waals surface area contributed by atoms with E-state index in [-0.39, 0.29) is 38.5 Å². The molecule has 2 aliphatic heterocycles. The lowest BCUT2D eigenvalue weighted by molar-refractivity contribution is -0.191. The first-order valence-electron chi connectivity index (χ1n) is 19.9. The molecule has 0 radical (unpaired) electrons. The van der Waals surface area contributed by atoms with Crippen LogP contribution in [0, 0.1) is 23.7 Å². The van der Waals surface area contributed by atoms with Crippen molar-refractivity contribution in [2.24, 2.45) is 28.8 Å². The van der Waals surface area contributed by atoms with Crippen molar-refractivity contribution in [1.82, 2.24) is 10.2 Å². The van der Waals surface area contributed by atoms with Gasteiger partial charge in [-0.25, -0.2) is 9.59 Å². The van der Waals surface area contributed by atoms with Gasteiger partial charge in [0.15, 0.2) is 11.1 Å². The van der Waals surface area contributed by atoms with E-state index in [0.29, 0.717) is 24.2 Å². The zero-order valence-electron chi connectivity index (χ0n) is 34.8. The lowest BCUT2D eigenvalue weighted by Crippen LogP contribution is -2.71. The molecule has 10 atom stereocenters. The van der Waals surface area contributed by atoms with Crippen molar-refractivity contribution < 1.29 is 69.2 Å². The van der Waals surface area contributed by atoms with E-state index >= 15 is 0 Å². The molecule has 1 aromatic carbocycles. The number of oxime groups is 1. The predicted octanol–water partition coefficient (Wildman–Crippen LogP) is 1.38. The molecule has 17 heteroatoms. The molecule has 2 amide bonds. The van der Waals surface area contributed by atoms with Gasteiger partial charge in [-0.2, -0.15) is 0 Å². The van der Waals surface area contributed by atoms with Crippen molar-refractivity contribution >= 4 is 30.0 Å². The highest BCUT2D eigenvalue weighted by atomic mass is 16.5. The van der Waals surface area contributed by atoms with Crippen molar-refractivity contribution in [3.8, 4) is 5.75 Å². The Hall–Kier alpha value is -4.39. The average Bonchev–Trinajstić information content (AvgIpc) is 3.55. The standard InChI is InChI=1S/C24H33NO7.C16H25NO6.C2H5NO/c1-23(30)19(13-14-26)21(28)25(15-16-9-11-18(31-2)12-10-16)24(23,22(29)32-3)20(27)17-7-5-4-6-8-17;1-15(22)11(8-9-18)13(20)17-16(15,14(21)23-2)12(19)10-6-4-3-5-7-10;1-2-3-4/h5,7,9-12,17,19-20,26-27,30H,4,6,8,13-15H2,1-3H3;4,6,10-12,18-19,22H,3,5,7-9H2,1-2H3,(H,17,20);2,4H,1H3/b;;3-2+/t17-,19+,20+,23+,24+;10-,11+,12+,15+,16+;/m11./s1. The largest absolute Gasteiger partial charge is 0.497 e. The molecule has 2 fully saturated rings. The Labute approximate surface area is 345 Å². The molecule has 17 nitrogen and oxygen atoms in total. The Balaban J connectivity index is 0.000000302. The third-order valence-electron chi connectivity index (χ3n) is 12.3. The smallest absolute Gasteiger partial charge is 0.337 e. The van der Waals surface area contributed by atoms with Gasteiger partial charge in [-0.3, -0.25) is 9.59 Å². The summed E-state index contributed by atoms with van der Waals surface area (Å²) in [4.78, 5) is 53.0. The molecule has 0 spiro atoms. The van der Waals surface area contributed by atoms with Crippen LogP contribution in [0.1, 0.15) is 77.7 Å². The van der Waals surface area contributed by atoms with Crippen LogP contribution in [-0.2, 0) is 35.2 Å². The third kappa shape index (κ3) is 9.35. The zero-order valence-corrected chi connectivity index (χ0v) is 34.8. The van der Waals surface area contributed by atoms with E-state index in [0.717, 1.165) is 32.8 Å². The van der Waals surface area contributed by atoms with Crippen LogP contribution in [0.4, 0.5) is 0 Å². The monoisotopic (exact) mass is 833 g/mol. The molecule has 0 aromatic heterocycles. The van der Waals surface area contributed by atoms with Gasteiger partial charge >= 0.3 is 11.9 Å². The number of allylic oxidation sites excluding steroid dienone is 2. The fourth-order valence-electron chi connectivity index (χ4n) is 9.07. The van der Waals surface area contributed by atoms with Crippen LogP contribution in [0.15, 0.2) is 53.7 Å². The number of aliphatic hydroxyl groups is 6. The quantitative estimate of drug-likeness (QED) is 0.0459. The van der Waals surface area contributed by atoms with E-state index in [2.05, 4.69) is 10.5 Å². The number of amides is 2. The normalized spacial score (nSPS) is 32.3. The molecule has 2 heterocycles. The van der Waals surface area contributed by atoms with Crippen LogP contribution in [0.2, 0.25) is 0 Å². The fraction of sp³-hybridized carbons (Fsp3) is 0.643. The van der Waals surface area contributed by atoms with E-state index in [4.69, 9.17) is 24.5 Å². The topological polar surface area (TPSA) is 265 Å². The van der Waals surface area contributed by atoms with Gasteiger partial charge in [0.05, 0.1) is 45.4 Å². The van der Waals surface area contributed by atoms with Gasteiger partial charge in [0.25, 0.3) is 0 Å². The number of rotatable bonds is 13. The Morgan fingerprint density at radius 1 is 0.864 bits per heavy atom. The highest BCUT2D eigenvalue weighted by molar-refractivity contribution is 5.97. The van der Waals surface area contributed by atoms with Gasteiger partial charge in [-0.05, 0) is 89.8 Å². The van der Waals surface area contributed by atoms with Gasteiger partial charge in [0.1, 0.15) is 17.0 Å². The van der Waals surface area contributed by atoms with E-state index in [1.807, 2.05) is 18.2 Å². The maximum Gasteiger partial charge on any atom is 0.337 e. The second kappa shape index (κ2) is 21.2. The number of carbonyl (C=O) groups excluding carboxylic acids is 4. The van der Waals surface area contributed by atoms with Crippen LogP contribution in [0.3, 0.4) is 0 Å². The van der Waals surface area contributed by atoms with Crippen LogP contribution in [-0.4, -0.2) is 140 Å². The van der Waals surface area contributed by atoms with E-state index in [1.54, 1.807) is 44.4 Å². The maximum atomic E-state index is 13.6. The van der Waals surface area contributed by atoms with Crippen LogP contribution < -0.4 is 10.1 Å². The summed E-state index contributed by atoms with van der Waals surface area (Å²) in [5.74, 6) is -5.11. The molecule has 2 aliphatic carbocycles. The summed E-state index contributed by atoms with van der Waals surface area (Å²) >= 11 is 0. The first kappa shape index (κ1) is 49.0. The van der Waals surface area contributed by atoms with Crippen molar-refractivity contribution in [1.29, 1.82) is 0 Å². The second-order valence-electron chi connectivity index (χ2n) is 15.6. The molecule has 0 unspecified atom stereocenters. The molecule has 0 bridgehead atoms. The minimum absolute atomic E-state index is 0.00912. The van der Waals surface area contributed by atoms with Gasteiger partial charge in [-0.1, -0.05) is 36.4 Å². The van der Waals surface area contributed by atoms with Gasteiger partial charge < -0.3 is 60.3 Å². The summed E-state index contributed by atoms with van der Waals surface area (Å²) in [6, 6.07) is 6.99. The van der Waals surface area contributed by atoms with Crippen LogP contribution >= 0.6 is 0 Å². The fourth-order valence-corrected chi connectivity index (χ4v) is 9.07. The molecule has 4 aliphatic rings. The van der Waals surface area contributed by atoms with Gasteiger partial charge in [-0.15, -0.1) is 5.16 Å². The lowest BCUT2D eigenvalue weighted by Gasteiger charge is -2.48. The number of nitrogens with one attached hydrogen (secondary N) is 1. The maximum absolute atomic E-state index is 13.6. The average molecular weight is 834 g/mol. The molecule has 1 aromatic rings. The van der Waals surface area contributed by atoms with Crippen molar-refractivity contribution in [2.45, 2.75) is 113 Å². The minimum Gasteiger partial charge on any atom is -0.497 e. The molecule has 8 N–H and O–H groups in total. The van der Waals surface area contributed by atoms with E-state index in [9.17, 15) is 44.7 Å². The molecule has 59 heavy (non-hydrogen) atoms.